The molecule has 1 N–H and O–H groups in total. The highest BCUT2D eigenvalue weighted by molar-refractivity contribution is 5.73. The van der Waals surface area contributed by atoms with Gasteiger partial charge in [0, 0.05) is 23.5 Å². The molecule has 2 nitrogen and oxygen atoms in total. The second-order valence-electron chi connectivity index (χ2n) is 2.44. The molecule has 0 unspecified atom stereocenters. The van der Waals surface area contributed by atoms with Crippen LogP contribution in [0.1, 0.15) is 12.5 Å². The van der Waals surface area contributed by atoms with Gasteiger partial charge in [0.05, 0.1) is 5.76 Å². The fraction of sp³-hybridized carbons (Fsp3) is 0.100. The summed E-state index contributed by atoms with van der Waals surface area (Å²) in [5.74, 6) is 0.262. The molecule has 0 spiro atoms. The highest BCUT2D eigenvalue weighted by Crippen LogP contribution is 2.16. The number of pyridine rings is 1. The summed E-state index contributed by atoms with van der Waals surface area (Å²) in [4.78, 5) is 3.94. The van der Waals surface area contributed by atoms with Crippen molar-refractivity contribution < 1.29 is 5.11 Å². The molecule has 0 aromatic carbocycles. The lowest BCUT2D eigenvalue weighted by molar-refractivity contribution is 0.417. The summed E-state index contributed by atoms with van der Waals surface area (Å²) in [6.45, 7) is 5.24. The molecular weight excluding hydrogens is 150 g/mol. The molecule has 0 fully saturated rings. The van der Waals surface area contributed by atoms with E-state index in [2.05, 4.69) is 11.6 Å². The first kappa shape index (κ1) is 8.53. The molecule has 62 valence electrons. The van der Waals surface area contributed by atoms with Crippen molar-refractivity contribution >= 4 is 5.57 Å². The second kappa shape index (κ2) is 3.72. The average molecular weight is 161 g/mol. The monoisotopic (exact) mass is 161 g/mol. The maximum absolute atomic E-state index is 9.25. The maximum Gasteiger partial charge on any atom is 0.0970 e. The zero-order valence-corrected chi connectivity index (χ0v) is 6.99. The molecule has 1 aromatic rings. The van der Waals surface area contributed by atoms with Crippen LogP contribution in [-0.2, 0) is 0 Å². The van der Waals surface area contributed by atoms with E-state index in [0.717, 1.165) is 11.1 Å². The van der Waals surface area contributed by atoms with Gasteiger partial charge in [0.15, 0.2) is 0 Å². The van der Waals surface area contributed by atoms with Crippen LogP contribution in [0.5, 0.6) is 0 Å². The fourth-order valence-electron chi connectivity index (χ4n) is 0.997. The third kappa shape index (κ3) is 1.72. The van der Waals surface area contributed by atoms with Gasteiger partial charge in [-0.25, -0.2) is 0 Å². The van der Waals surface area contributed by atoms with Gasteiger partial charge in [0.25, 0.3) is 0 Å². The molecule has 12 heavy (non-hydrogen) atoms. The molecule has 0 amide bonds. The van der Waals surface area contributed by atoms with Gasteiger partial charge in [-0.05, 0) is 13.0 Å². The van der Waals surface area contributed by atoms with E-state index >= 15 is 0 Å². The molecule has 1 aromatic heterocycles. The minimum atomic E-state index is 0.262. The van der Waals surface area contributed by atoms with Gasteiger partial charge in [0.2, 0.25) is 0 Å². The SMILES string of the molecule is C=C/C(=C(\C)O)c1cccnc1. The van der Waals surface area contributed by atoms with Crippen molar-refractivity contribution in [3.8, 4) is 0 Å². The van der Waals surface area contributed by atoms with Gasteiger partial charge in [0.1, 0.15) is 0 Å². The topological polar surface area (TPSA) is 33.1 Å². The van der Waals surface area contributed by atoms with Gasteiger partial charge in [-0.3, -0.25) is 4.98 Å². The minimum Gasteiger partial charge on any atom is -0.512 e. The molecule has 0 radical (unpaired) electrons. The van der Waals surface area contributed by atoms with Gasteiger partial charge < -0.3 is 5.11 Å². The number of rotatable bonds is 2. The van der Waals surface area contributed by atoms with Crippen molar-refractivity contribution in [3.63, 3.8) is 0 Å². The summed E-state index contributed by atoms with van der Waals surface area (Å²) < 4.78 is 0. The maximum atomic E-state index is 9.25. The summed E-state index contributed by atoms with van der Waals surface area (Å²) in [5.41, 5.74) is 1.61. The fourth-order valence-corrected chi connectivity index (χ4v) is 0.997. The van der Waals surface area contributed by atoms with Crippen molar-refractivity contribution in [2.75, 3.05) is 0 Å². The zero-order chi connectivity index (χ0) is 8.97. The minimum absolute atomic E-state index is 0.262. The van der Waals surface area contributed by atoms with Gasteiger partial charge in [-0.1, -0.05) is 18.7 Å². The summed E-state index contributed by atoms with van der Waals surface area (Å²) in [7, 11) is 0. The number of hydrogen-bond acceptors (Lipinski definition) is 2. The smallest absolute Gasteiger partial charge is 0.0970 e. The summed E-state index contributed by atoms with van der Waals surface area (Å²) >= 11 is 0. The van der Waals surface area contributed by atoms with Crippen LogP contribution in [0.4, 0.5) is 0 Å². The van der Waals surface area contributed by atoms with Crippen molar-refractivity contribution in [3.05, 3.63) is 48.5 Å². The summed E-state index contributed by atoms with van der Waals surface area (Å²) in [5, 5.41) is 9.25. The van der Waals surface area contributed by atoms with Gasteiger partial charge in [-0.15, -0.1) is 0 Å². The largest absolute Gasteiger partial charge is 0.512 e. The molecule has 1 heterocycles. The number of allylic oxidation sites excluding steroid dienone is 3. The Bertz CT molecular complexity index is 297. The molecule has 0 aliphatic carbocycles. The highest BCUT2D eigenvalue weighted by Gasteiger charge is 1.99. The predicted octanol–water partition coefficient (Wildman–Crippen LogP) is 2.56. The molecule has 2 heteroatoms. The summed E-state index contributed by atoms with van der Waals surface area (Å²) in [6.07, 6.45) is 5.00. The number of aromatic nitrogens is 1. The van der Waals surface area contributed by atoms with Crippen molar-refractivity contribution in [1.82, 2.24) is 4.98 Å². The van der Waals surface area contributed by atoms with Crippen LogP contribution in [0.3, 0.4) is 0 Å². The van der Waals surface area contributed by atoms with E-state index in [4.69, 9.17) is 0 Å². The molecule has 1 rings (SSSR count). The lowest BCUT2D eigenvalue weighted by Crippen LogP contribution is -1.85. The van der Waals surface area contributed by atoms with Crippen LogP contribution in [0.2, 0.25) is 0 Å². The van der Waals surface area contributed by atoms with Crippen LogP contribution >= 0.6 is 0 Å². The van der Waals surface area contributed by atoms with E-state index in [1.807, 2.05) is 12.1 Å². The first-order valence-electron chi connectivity index (χ1n) is 3.68. The van der Waals surface area contributed by atoms with E-state index in [-0.39, 0.29) is 5.76 Å². The Hall–Kier alpha value is -1.57. The Morgan fingerprint density at radius 3 is 2.83 bits per heavy atom. The van der Waals surface area contributed by atoms with E-state index in [1.54, 1.807) is 25.4 Å². The summed E-state index contributed by atoms with van der Waals surface area (Å²) in [6, 6.07) is 3.70. The lowest BCUT2D eigenvalue weighted by Gasteiger charge is -2.01. The van der Waals surface area contributed by atoms with Gasteiger partial charge in [-0.2, -0.15) is 0 Å². The van der Waals surface area contributed by atoms with E-state index in [1.165, 1.54) is 0 Å². The van der Waals surface area contributed by atoms with Gasteiger partial charge >= 0.3 is 0 Å². The molecule has 0 bridgehead atoms. The van der Waals surface area contributed by atoms with Crippen molar-refractivity contribution in [2.24, 2.45) is 0 Å². The zero-order valence-electron chi connectivity index (χ0n) is 6.99. The number of aliphatic hydroxyl groups excluding tert-OH is 1. The Kier molecular flexibility index (Phi) is 2.64. The molecule has 0 atom stereocenters. The van der Waals surface area contributed by atoms with Crippen LogP contribution < -0.4 is 0 Å². The standard InChI is InChI=1S/C10H11NO/c1-3-10(8(2)12)9-5-4-6-11-7-9/h3-7,12H,1H2,2H3/b10-8-. The van der Waals surface area contributed by atoms with E-state index in [9.17, 15) is 5.11 Å². The number of nitrogens with zero attached hydrogens (tertiary/aromatic N) is 1. The number of hydrogen-bond donors (Lipinski definition) is 1. The van der Waals surface area contributed by atoms with Crippen molar-refractivity contribution in [2.45, 2.75) is 6.92 Å². The Labute approximate surface area is 71.9 Å². The Balaban J connectivity index is 3.14. The van der Waals surface area contributed by atoms with E-state index in [0.29, 0.717) is 0 Å². The van der Waals surface area contributed by atoms with Crippen LogP contribution in [0.15, 0.2) is 42.9 Å². The third-order valence-corrected chi connectivity index (χ3v) is 1.57. The molecule has 0 saturated heterocycles. The van der Waals surface area contributed by atoms with Crippen LogP contribution in [0.25, 0.3) is 5.57 Å². The number of aliphatic hydroxyl groups is 1. The highest BCUT2D eigenvalue weighted by atomic mass is 16.3. The average Bonchev–Trinajstić information content (AvgIpc) is 2.07. The lowest BCUT2D eigenvalue weighted by atomic mass is 10.1. The van der Waals surface area contributed by atoms with E-state index < -0.39 is 0 Å². The third-order valence-electron chi connectivity index (χ3n) is 1.57. The Morgan fingerprint density at radius 2 is 2.42 bits per heavy atom. The molecule has 0 saturated carbocycles. The quantitative estimate of drug-likeness (QED) is 0.534. The molecule has 0 aliphatic heterocycles. The van der Waals surface area contributed by atoms with Crippen LogP contribution in [-0.4, -0.2) is 10.1 Å². The molecule has 0 aliphatic rings. The first-order chi connectivity index (χ1) is 5.75. The predicted molar refractivity (Wildman–Crippen MR) is 49.7 cm³/mol. The van der Waals surface area contributed by atoms with Crippen molar-refractivity contribution in [1.29, 1.82) is 0 Å². The normalized spacial score (nSPS) is 12.1. The van der Waals surface area contributed by atoms with Crippen LogP contribution in [0, 0.1) is 0 Å². The molecular formula is C10H11NO. The first-order valence-corrected chi connectivity index (χ1v) is 3.68. The Morgan fingerprint density at radius 1 is 1.67 bits per heavy atom. The second-order valence-corrected chi connectivity index (χ2v) is 2.44.